The molecule has 1 rings (SSSR count). The van der Waals surface area contributed by atoms with Gasteiger partial charge in [-0.05, 0) is 18.1 Å². The van der Waals surface area contributed by atoms with Crippen molar-refractivity contribution >= 4 is 17.6 Å². The molecule has 0 spiro atoms. The molecule has 14 heavy (non-hydrogen) atoms. The van der Waals surface area contributed by atoms with Crippen LogP contribution in [-0.4, -0.2) is 11.1 Å². The Balaban J connectivity index is 2.87. The molecule has 1 aromatic carbocycles. The topological polar surface area (TPSA) is 37.3 Å². The summed E-state index contributed by atoms with van der Waals surface area (Å²) >= 11 is 5.67. The minimum atomic E-state index is -0.912. The van der Waals surface area contributed by atoms with E-state index in [0.29, 0.717) is 5.56 Å². The van der Waals surface area contributed by atoms with Crippen LogP contribution < -0.4 is 0 Å². The molecular formula is C10H10ClFO2. The highest BCUT2D eigenvalue weighted by molar-refractivity contribution is 6.31. The summed E-state index contributed by atoms with van der Waals surface area (Å²) in [5.74, 6) is -1.98. The zero-order valence-corrected chi connectivity index (χ0v) is 8.38. The van der Waals surface area contributed by atoms with E-state index in [9.17, 15) is 9.18 Å². The molecule has 0 fully saturated rings. The van der Waals surface area contributed by atoms with Gasteiger partial charge in [-0.3, -0.25) is 4.79 Å². The Labute approximate surface area is 86.3 Å². The molecule has 0 aliphatic carbocycles. The van der Waals surface area contributed by atoms with Crippen LogP contribution in [0.25, 0.3) is 0 Å². The molecule has 2 nitrogen and oxygen atoms in total. The molecular weight excluding hydrogens is 207 g/mol. The van der Waals surface area contributed by atoms with Crippen LogP contribution in [0.2, 0.25) is 5.02 Å². The number of rotatable bonds is 3. The molecule has 0 aliphatic heterocycles. The Morgan fingerprint density at radius 2 is 2.29 bits per heavy atom. The molecule has 0 saturated heterocycles. The van der Waals surface area contributed by atoms with E-state index in [-0.39, 0.29) is 11.4 Å². The molecule has 0 aromatic heterocycles. The summed E-state index contributed by atoms with van der Waals surface area (Å²) in [6.45, 7) is 1.56. The maximum Gasteiger partial charge on any atom is 0.306 e. The maximum atomic E-state index is 13.0. The molecule has 0 heterocycles. The number of hydrogen-bond donors (Lipinski definition) is 1. The third kappa shape index (κ3) is 2.45. The van der Waals surface area contributed by atoms with Gasteiger partial charge in [0, 0.05) is 0 Å². The summed E-state index contributed by atoms with van der Waals surface area (Å²) in [4.78, 5) is 10.6. The van der Waals surface area contributed by atoms with Gasteiger partial charge >= 0.3 is 5.97 Å². The van der Waals surface area contributed by atoms with Gasteiger partial charge in [-0.2, -0.15) is 0 Å². The van der Waals surface area contributed by atoms with Gasteiger partial charge in [-0.25, -0.2) is 4.39 Å². The summed E-state index contributed by atoms with van der Waals surface area (Å²) in [5.41, 5.74) is 0.529. The Bertz CT molecular complexity index is 352. The van der Waals surface area contributed by atoms with Crippen molar-refractivity contribution in [3.8, 4) is 0 Å². The van der Waals surface area contributed by atoms with E-state index >= 15 is 0 Å². The van der Waals surface area contributed by atoms with Crippen LogP contribution in [0, 0.1) is 11.7 Å². The van der Waals surface area contributed by atoms with Gasteiger partial charge in [0.15, 0.2) is 0 Å². The third-order valence-electron chi connectivity index (χ3n) is 1.98. The normalized spacial score (nSPS) is 12.5. The number of carbonyl (C=O) groups is 1. The number of carboxylic acids is 1. The van der Waals surface area contributed by atoms with Crippen molar-refractivity contribution in [1.82, 2.24) is 0 Å². The van der Waals surface area contributed by atoms with Crippen LogP contribution in [0.3, 0.4) is 0 Å². The monoisotopic (exact) mass is 216 g/mol. The molecule has 76 valence electrons. The summed E-state index contributed by atoms with van der Waals surface area (Å²) in [5, 5.41) is 8.68. The Kier molecular flexibility index (Phi) is 3.47. The van der Waals surface area contributed by atoms with E-state index in [1.165, 1.54) is 12.1 Å². The van der Waals surface area contributed by atoms with E-state index in [2.05, 4.69) is 0 Å². The standard InChI is InChI=1S/C10H10ClFO2/c1-6(10(13)14)5-7-3-2-4-8(12)9(7)11/h2-4,6H,5H2,1H3,(H,13,14). The van der Waals surface area contributed by atoms with Crippen molar-refractivity contribution in [3.05, 3.63) is 34.6 Å². The average molecular weight is 217 g/mol. The Hall–Kier alpha value is -1.09. The van der Waals surface area contributed by atoms with E-state index in [1.807, 2.05) is 0 Å². The summed E-state index contributed by atoms with van der Waals surface area (Å²) in [6, 6.07) is 4.40. The lowest BCUT2D eigenvalue weighted by molar-refractivity contribution is -0.141. The lowest BCUT2D eigenvalue weighted by Crippen LogP contribution is -2.12. The van der Waals surface area contributed by atoms with Crippen molar-refractivity contribution in [3.63, 3.8) is 0 Å². The molecule has 1 unspecified atom stereocenters. The molecule has 0 amide bonds. The fourth-order valence-electron chi connectivity index (χ4n) is 1.12. The molecule has 0 saturated carbocycles. The number of carboxylic acid groups (broad SMARTS) is 1. The van der Waals surface area contributed by atoms with Crippen LogP contribution in [0.15, 0.2) is 18.2 Å². The van der Waals surface area contributed by atoms with Crippen molar-refractivity contribution in [2.45, 2.75) is 13.3 Å². The van der Waals surface area contributed by atoms with Crippen LogP contribution in [-0.2, 0) is 11.2 Å². The number of hydrogen-bond acceptors (Lipinski definition) is 1. The van der Waals surface area contributed by atoms with Gasteiger partial charge in [0.25, 0.3) is 0 Å². The summed E-state index contributed by atoms with van der Waals surface area (Å²) in [7, 11) is 0. The van der Waals surface area contributed by atoms with Gasteiger partial charge < -0.3 is 5.11 Å². The van der Waals surface area contributed by atoms with Crippen LogP contribution in [0.5, 0.6) is 0 Å². The molecule has 0 bridgehead atoms. The van der Waals surface area contributed by atoms with Crippen molar-refractivity contribution in [2.75, 3.05) is 0 Å². The Morgan fingerprint density at radius 1 is 1.64 bits per heavy atom. The highest BCUT2D eigenvalue weighted by Crippen LogP contribution is 2.22. The SMILES string of the molecule is CC(Cc1cccc(F)c1Cl)C(=O)O. The van der Waals surface area contributed by atoms with E-state index in [0.717, 1.165) is 0 Å². The first-order valence-electron chi connectivity index (χ1n) is 4.18. The van der Waals surface area contributed by atoms with Gasteiger partial charge in [0.05, 0.1) is 10.9 Å². The predicted octanol–water partition coefficient (Wildman–Crippen LogP) is 2.74. The highest BCUT2D eigenvalue weighted by Gasteiger charge is 2.14. The second kappa shape index (κ2) is 4.42. The fourth-order valence-corrected chi connectivity index (χ4v) is 1.33. The van der Waals surface area contributed by atoms with Gasteiger partial charge in [0.1, 0.15) is 5.82 Å². The van der Waals surface area contributed by atoms with Crippen LogP contribution in [0.4, 0.5) is 4.39 Å². The number of benzene rings is 1. The van der Waals surface area contributed by atoms with Crippen LogP contribution >= 0.6 is 11.6 Å². The maximum absolute atomic E-state index is 13.0. The molecule has 0 aliphatic rings. The van der Waals surface area contributed by atoms with E-state index in [4.69, 9.17) is 16.7 Å². The lowest BCUT2D eigenvalue weighted by Gasteiger charge is -2.08. The summed E-state index contributed by atoms with van der Waals surface area (Å²) < 4.78 is 13.0. The first kappa shape index (κ1) is 11.0. The minimum absolute atomic E-state index is 0.0144. The Morgan fingerprint density at radius 3 is 2.86 bits per heavy atom. The van der Waals surface area contributed by atoms with E-state index in [1.54, 1.807) is 13.0 Å². The van der Waals surface area contributed by atoms with Crippen LogP contribution in [0.1, 0.15) is 12.5 Å². The lowest BCUT2D eigenvalue weighted by atomic mass is 10.0. The zero-order chi connectivity index (χ0) is 10.7. The second-order valence-corrected chi connectivity index (χ2v) is 3.53. The summed E-state index contributed by atoms with van der Waals surface area (Å²) in [6.07, 6.45) is 0.242. The minimum Gasteiger partial charge on any atom is -0.481 e. The van der Waals surface area contributed by atoms with Gasteiger partial charge in [-0.15, -0.1) is 0 Å². The largest absolute Gasteiger partial charge is 0.481 e. The average Bonchev–Trinajstić information content (AvgIpc) is 2.12. The van der Waals surface area contributed by atoms with Gasteiger partial charge in [-0.1, -0.05) is 30.7 Å². The van der Waals surface area contributed by atoms with E-state index < -0.39 is 17.7 Å². The first-order chi connectivity index (χ1) is 6.52. The van der Waals surface area contributed by atoms with Crippen molar-refractivity contribution < 1.29 is 14.3 Å². The zero-order valence-electron chi connectivity index (χ0n) is 7.63. The number of aliphatic carboxylic acids is 1. The molecule has 1 aromatic rings. The third-order valence-corrected chi connectivity index (χ3v) is 2.40. The van der Waals surface area contributed by atoms with Gasteiger partial charge in [0.2, 0.25) is 0 Å². The van der Waals surface area contributed by atoms with Crippen molar-refractivity contribution in [1.29, 1.82) is 0 Å². The first-order valence-corrected chi connectivity index (χ1v) is 4.56. The fraction of sp³-hybridized carbons (Fsp3) is 0.300. The molecule has 1 atom stereocenters. The predicted molar refractivity (Wildman–Crippen MR) is 51.9 cm³/mol. The molecule has 4 heteroatoms. The quantitative estimate of drug-likeness (QED) is 0.844. The molecule has 0 radical (unpaired) electrons. The second-order valence-electron chi connectivity index (χ2n) is 3.16. The van der Waals surface area contributed by atoms with Crippen molar-refractivity contribution in [2.24, 2.45) is 5.92 Å². The number of halogens is 2. The molecule has 1 N–H and O–H groups in total. The highest BCUT2D eigenvalue weighted by atomic mass is 35.5. The smallest absolute Gasteiger partial charge is 0.306 e.